The highest BCUT2D eigenvalue weighted by atomic mass is 16.5. The van der Waals surface area contributed by atoms with E-state index in [0.29, 0.717) is 24.4 Å². The van der Waals surface area contributed by atoms with Crippen LogP contribution in [-0.4, -0.2) is 34.3 Å². The quantitative estimate of drug-likeness (QED) is 0.834. The molecule has 100 valence electrons. The molecule has 0 spiro atoms. The molecule has 1 aliphatic rings. The fourth-order valence-corrected chi connectivity index (χ4v) is 2.32. The number of aliphatic hydroxyl groups is 1. The van der Waals surface area contributed by atoms with Crippen molar-refractivity contribution >= 4 is 5.95 Å². The van der Waals surface area contributed by atoms with Gasteiger partial charge < -0.3 is 15.2 Å². The highest BCUT2D eigenvalue weighted by Gasteiger charge is 2.24. The van der Waals surface area contributed by atoms with Crippen LogP contribution in [-0.2, 0) is 0 Å². The zero-order valence-electron chi connectivity index (χ0n) is 11.0. The minimum Gasteiger partial charge on any atom is -0.478 e. The van der Waals surface area contributed by atoms with E-state index < -0.39 is 0 Å². The number of aromatic nitrogens is 2. The molecule has 0 amide bonds. The van der Waals surface area contributed by atoms with Crippen molar-refractivity contribution in [3.8, 4) is 5.88 Å². The van der Waals surface area contributed by atoms with Crippen LogP contribution >= 0.6 is 0 Å². The normalized spacial score (nSPS) is 23.1. The van der Waals surface area contributed by atoms with E-state index in [1.54, 1.807) is 0 Å². The van der Waals surface area contributed by atoms with Gasteiger partial charge in [0.15, 0.2) is 0 Å². The standard InChI is InChI=1S/C13H21N3O2/c1-3-18-12-7-9(2)15-13(16-12)14-8-10-5-4-6-11(10)17/h7,10-11,17H,3-6,8H2,1-2H3,(H,14,15,16). The zero-order chi connectivity index (χ0) is 13.0. The summed E-state index contributed by atoms with van der Waals surface area (Å²) in [5.74, 6) is 1.49. The van der Waals surface area contributed by atoms with E-state index in [0.717, 1.165) is 31.5 Å². The number of anilines is 1. The Hall–Kier alpha value is -1.36. The van der Waals surface area contributed by atoms with Crippen LogP contribution in [0.5, 0.6) is 5.88 Å². The van der Waals surface area contributed by atoms with Crippen molar-refractivity contribution in [1.82, 2.24) is 9.97 Å². The molecule has 1 heterocycles. The number of ether oxygens (including phenoxy) is 1. The molecule has 0 bridgehead atoms. The minimum atomic E-state index is -0.186. The Morgan fingerprint density at radius 1 is 1.44 bits per heavy atom. The van der Waals surface area contributed by atoms with E-state index in [4.69, 9.17) is 4.74 Å². The molecule has 5 heteroatoms. The smallest absolute Gasteiger partial charge is 0.226 e. The summed E-state index contributed by atoms with van der Waals surface area (Å²) < 4.78 is 5.38. The lowest BCUT2D eigenvalue weighted by molar-refractivity contribution is 0.138. The van der Waals surface area contributed by atoms with Crippen LogP contribution in [0.4, 0.5) is 5.95 Å². The topological polar surface area (TPSA) is 67.3 Å². The molecule has 1 aromatic rings. The summed E-state index contributed by atoms with van der Waals surface area (Å²) >= 11 is 0. The Balaban J connectivity index is 1.95. The second kappa shape index (κ2) is 6.00. The molecule has 1 aromatic heterocycles. The van der Waals surface area contributed by atoms with Crippen molar-refractivity contribution in [2.45, 2.75) is 39.2 Å². The van der Waals surface area contributed by atoms with Gasteiger partial charge in [-0.3, -0.25) is 0 Å². The van der Waals surface area contributed by atoms with E-state index >= 15 is 0 Å². The third-order valence-electron chi connectivity index (χ3n) is 3.26. The van der Waals surface area contributed by atoms with Crippen LogP contribution in [0.2, 0.25) is 0 Å². The molecule has 0 radical (unpaired) electrons. The Morgan fingerprint density at radius 3 is 2.94 bits per heavy atom. The lowest BCUT2D eigenvalue weighted by Crippen LogP contribution is -2.22. The van der Waals surface area contributed by atoms with Gasteiger partial charge in [-0.05, 0) is 26.7 Å². The summed E-state index contributed by atoms with van der Waals surface area (Å²) in [6.45, 7) is 5.16. The van der Waals surface area contributed by atoms with Gasteiger partial charge in [0.2, 0.25) is 11.8 Å². The highest BCUT2D eigenvalue weighted by Crippen LogP contribution is 2.25. The third-order valence-corrected chi connectivity index (χ3v) is 3.26. The average Bonchev–Trinajstić information content (AvgIpc) is 2.72. The average molecular weight is 251 g/mol. The van der Waals surface area contributed by atoms with Gasteiger partial charge in [0.1, 0.15) is 0 Å². The van der Waals surface area contributed by atoms with Crippen LogP contribution in [0, 0.1) is 12.8 Å². The lowest BCUT2D eigenvalue weighted by Gasteiger charge is -2.15. The fraction of sp³-hybridized carbons (Fsp3) is 0.692. The molecule has 1 saturated carbocycles. The van der Waals surface area contributed by atoms with Gasteiger partial charge in [0, 0.05) is 24.2 Å². The molecular weight excluding hydrogens is 230 g/mol. The van der Waals surface area contributed by atoms with Crippen molar-refractivity contribution in [2.75, 3.05) is 18.5 Å². The maximum atomic E-state index is 9.75. The monoisotopic (exact) mass is 251 g/mol. The van der Waals surface area contributed by atoms with Gasteiger partial charge >= 0.3 is 0 Å². The van der Waals surface area contributed by atoms with Crippen molar-refractivity contribution in [3.63, 3.8) is 0 Å². The van der Waals surface area contributed by atoms with Gasteiger partial charge in [-0.1, -0.05) is 6.42 Å². The van der Waals surface area contributed by atoms with E-state index in [1.807, 2.05) is 19.9 Å². The van der Waals surface area contributed by atoms with Crippen molar-refractivity contribution in [3.05, 3.63) is 11.8 Å². The first kappa shape index (κ1) is 13.1. The molecule has 1 fully saturated rings. The molecule has 1 aliphatic carbocycles. The van der Waals surface area contributed by atoms with Crippen molar-refractivity contribution in [1.29, 1.82) is 0 Å². The summed E-state index contributed by atoms with van der Waals surface area (Å²) in [5.41, 5.74) is 0.878. The summed E-state index contributed by atoms with van der Waals surface area (Å²) in [6, 6.07) is 1.82. The number of rotatable bonds is 5. The number of aliphatic hydroxyl groups excluding tert-OH is 1. The summed E-state index contributed by atoms with van der Waals surface area (Å²) in [5, 5.41) is 12.9. The predicted octanol–water partition coefficient (Wildman–Crippen LogP) is 1.76. The van der Waals surface area contributed by atoms with E-state index in [9.17, 15) is 5.11 Å². The van der Waals surface area contributed by atoms with Crippen LogP contribution < -0.4 is 10.1 Å². The Kier molecular flexibility index (Phi) is 4.36. The van der Waals surface area contributed by atoms with Crippen molar-refractivity contribution in [2.24, 2.45) is 5.92 Å². The molecular formula is C13H21N3O2. The molecule has 18 heavy (non-hydrogen) atoms. The first-order valence-electron chi connectivity index (χ1n) is 6.59. The second-order valence-corrected chi connectivity index (χ2v) is 4.74. The van der Waals surface area contributed by atoms with E-state index in [2.05, 4.69) is 15.3 Å². The van der Waals surface area contributed by atoms with Gasteiger partial charge in [-0.15, -0.1) is 0 Å². The number of hydrogen-bond acceptors (Lipinski definition) is 5. The fourth-order valence-electron chi connectivity index (χ4n) is 2.32. The van der Waals surface area contributed by atoms with Gasteiger partial charge in [0.05, 0.1) is 12.7 Å². The second-order valence-electron chi connectivity index (χ2n) is 4.74. The Morgan fingerprint density at radius 2 is 2.28 bits per heavy atom. The Bertz CT molecular complexity index is 398. The minimum absolute atomic E-state index is 0.186. The van der Waals surface area contributed by atoms with Gasteiger partial charge in [-0.25, -0.2) is 4.98 Å². The lowest BCUT2D eigenvalue weighted by atomic mass is 10.1. The largest absolute Gasteiger partial charge is 0.478 e. The SMILES string of the molecule is CCOc1cc(C)nc(NCC2CCCC2O)n1. The molecule has 2 rings (SSSR count). The number of aryl methyl sites for hydroxylation is 1. The highest BCUT2D eigenvalue weighted by molar-refractivity contribution is 5.30. The maximum absolute atomic E-state index is 9.75. The number of nitrogens with one attached hydrogen (secondary N) is 1. The first-order chi connectivity index (χ1) is 8.69. The maximum Gasteiger partial charge on any atom is 0.226 e. The third kappa shape index (κ3) is 3.32. The van der Waals surface area contributed by atoms with Crippen LogP contribution in [0.3, 0.4) is 0 Å². The van der Waals surface area contributed by atoms with Gasteiger partial charge in [0.25, 0.3) is 0 Å². The molecule has 2 N–H and O–H groups in total. The van der Waals surface area contributed by atoms with E-state index in [1.165, 1.54) is 0 Å². The zero-order valence-corrected chi connectivity index (χ0v) is 11.0. The molecule has 0 aliphatic heterocycles. The molecule has 5 nitrogen and oxygen atoms in total. The summed E-state index contributed by atoms with van der Waals surface area (Å²) in [4.78, 5) is 8.60. The molecule has 0 aromatic carbocycles. The first-order valence-corrected chi connectivity index (χ1v) is 6.59. The van der Waals surface area contributed by atoms with Crippen molar-refractivity contribution < 1.29 is 9.84 Å². The molecule has 0 saturated heterocycles. The molecule has 2 unspecified atom stereocenters. The molecule has 2 atom stereocenters. The number of nitrogens with zero attached hydrogens (tertiary/aromatic N) is 2. The van der Waals surface area contributed by atoms with Crippen LogP contribution in [0.15, 0.2) is 6.07 Å². The summed E-state index contributed by atoms with van der Waals surface area (Å²) in [6.07, 6.45) is 2.89. The Labute approximate surface area is 108 Å². The van der Waals surface area contributed by atoms with Crippen LogP contribution in [0.1, 0.15) is 31.9 Å². The van der Waals surface area contributed by atoms with Gasteiger partial charge in [-0.2, -0.15) is 4.98 Å². The number of hydrogen-bond donors (Lipinski definition) is 2. The summed E-state index contributed by atoms with van der Waals surface area (Å²) in [7, 11) is 0. The predicted molar refractivity (Wildman–Crippen MR) is 69.8 cm³/mol. The van der Waals surface area contributed by atoms with Crippen LogP contribution in [0.25, 0.3) is 0 Å². The van der Waals surface area contributed by atoms with E-state index in [-0.39, 0.29) is 6.10 Å².